The number of nitrogens with two attached hydrogens (primary N) is 1. The summed E-state index contributed by atoms with van der Waals surface area (Å²) in [5, 5.41) is 0. The van der Waals surface area contributed by atoms with E-state index in [0.29, 0.717) is 0 Å². The Kier molecular flexibility index (Phi) is 2.88. The van der Waals surface area contributed by atoms with Gasteiger partial charge in [0.15, 0.2) is 0 Å². The van der Waals surface area contributed by atoms with Gasteiger partial charge in [-0.05, 0) is 19.9 Å². The summed E-state index contributed by atoms with van der Waals surface area (Å²) in [6.07, 6.45) is 5.56. The van der Waals surface area contributed by atoms with E-state index in [9.17, 15) is 0 Å². The molecule has 3 nitrogen and oxygen atoms in total. The van der Waals surface area contributed by atoms with Crippen LogP contribution in [-0.2, 0) is 0 Å². The maximum atomic E-state index is 5.86. The van der Waals surface area contributed by atoms with Crippen LogP contribution in [0.3, 0.4) is 0 Å². The van der Waals surface area contributed by atoms with Gasteiger partial charge in [-0.1, -0.05) is 12.7 Å². The summed E-state index contributed by atoms with van der Waals surface area (Å²) in [4.78, 5) is 6.24. The molecule has 0 unspecified atom stereocenters. The van der Waals surface area contributed by atoms with Gasteiger partial charge in [0.1, 0.15) is 5.82 Å². The predicted molar refractivity (Wildman–Crippen MR) is 56.6 cm³/mol. The third-order valence-corrected chi connectivity index (χ3v) is 1.97. The van der Waals surface area contributed by atoms with E-state index < -0.39 is 0 Å². The molecule has 0 amide bonds. The van der Waals surface area contributed by atoms with E-state index in [-0.39, 0.29) is 5.54 Å². The van der Waals surface area contributed by atoms with Gasteiger partial charge >= 0.3 is 0 Å². The van der Waals surface area contributed by atoms with Crippen molar-refractivity contribution < 1.29 is 0 Å². The molecule has 0 atom stereocenters. The molecule has 3 heteroatoms. The molecule has 0 aromatic heterocycles. The van der Waals surface area contributed by atoms with Gasteiger partial charge in [-0.2, -0.15) is 0 Å². The predicted octanol–water partition coefficient (Wildman–Crippen LogP) is 1.14. The maximum Gasteiger partial charge on any atom is 0.121 e. The molecule has 2 N–H and O–H groups in total. The Morgan fingerprint density at radius 2 is 2.23 bits per heavy atom. The Balaban J connectivity index is 2.35. The molecule has 72 valence electrons. The number of likely N-dealkylation sites (tertiary alicyclic amines) is 1. The van der Waals surface area contributed by atoms with Crippen LogP contribution in [0.2, 0.25) is 0 Å². The molecule has 13 heavy (non-hydrogen) atoms. The molecule has 0 bridgehead atoms. The average Bonchev–Trinajstić information content (AvgIpc) is 2.00. The third-order valence-electron chi connectivity index (χ3n) is 1.97. The molecule has 1 aliphatic rings. The summed E-state index contributed by atoms with van der Waals surface area (Å²) in [5.41, 5.74) is 5.80. The molecule has 0 aliphatic carbocycles. The lowest BCUT2D eigenvalue weighted by Gasteiger charge is -2.46. The van der Waals surface area contributed by atoms with Gasteiger partial charge < -0.3 is 10.6 Å². The molecule has 0 aromatic rings. The van der Waals surface area contributed by atoms with Crippen molar-refractivity contribution in [1.29, 1.82) is 0 Å². The number of hydrogen-bond donors (Lipinski definition) is 1. The van der Waals surface area contributed by atoms with E-state index in [2.05, 4.69) is 16.5 Å². The largest absolute Gasteiger partial charge is 0.353 e. The fourth-order valence-corrected chi connectivity index (χ4v) is 1.31. The van der Waals surface area contributed by atoms with Gasteiger partial charge in [0.25, 0.3) is 0 Å². The van der Waals surface area contributed by atoms with Crippen molar-refractivity contribution >= 4 is 6.21 Å². The Morgan fingerprint density at radius 1 is 1.62 bits per heavy atom. The van der Waals surface area contributed by atoms with Crippen molar-refractivity contribution in [3.05, 3.63) is 24.6 Å². The van der Waals surface area contributed by atoms with E-state index in [1.807, 2.05) is 26.0 Å². The van der Waals surface area contributed by atoms with Gasteiger partial charge in [-0.15, -0.1) is 0 Å². The van der Waals surface area contributed by atoms with E-state index >= 15 is 0 Å². The third kappa shape index (κ3) is 2.70. The average molecular weight is 179 g/mol. The Morgan fingerprint density at radius 3 is 2.69 bits per heavy atom. The van der Waals surface area contributed by atoms with Crippen molar-refractivity contribution in [3.63, 3.8) is 0 Å². The summed E-state index contributed by atoms with van der Waals surface area (Å²) in [7, 11) is 0. The first-order chi connectivity index (χ1) is 6.05. The number of aliphatic imine (C=N–C) groups is 1. The van der Waals surface area contributed by atoms with E-state index in [4.69, 9.17) is 5.73 Å². The van der Waals surface area contributed by atoms with Crippen molar-refractivity contribution in [2.24, 2.45) is 10.7 Å². The Hall–Kier alpha value is -1.09. The molecule has 0 aromatic carbocycles. The second-order valence-electron chi connectivity index (χ2n) is 3.73. The topological polar surface area (TPSA) is 41.6 Å². The van der Waals surface area contributed by atoms with E-state index in [1.165, 1.54) is 0 Å². The van der Waals surface area contributed by atoms with Crippen molar-refractivity contribution in [2.75, 3.05) is 13.1 Å². The summed E-state index contributed by atoms with van der Waals surface area (Å²) in [6, 6.07) is 0. The van der Waals surface area contributed by atoms with Crippen molar-refractivity contribution in [2.45, 2.75) is 19.4 Å². The molecule has 0 saturated carbocycles. The number of hydrogen-bond acceptors (Lipinski definition) is 3. The van der Waals surface area contributed by atoms with Gasteiger partial charge in [0.2, 0.25) is 0 Å². The lowest BCUT2D eigenvalue weighted by atomic mass is 9.94. The number of allylic oxidation sites excluding steroid dienone is 2. The van der Waals surface area contributed by atoms with Crippen LogP contribution in [0.25, 0.3) is 0 Å². The van der Waals surface area contributed by atoms with E-state index in [1.54, 1.807) is 6.21 Å². The van der Waals surface area contributed by atoms with Gasteiger partial charge in [0, 0.05) is 24.8 Å². The normalized spacial score (nSPS) is 21.0. The van der Waals surface area contributed by atoms with Crippen molar-refractivity contribution in [1.82, 2.24) is 4.90 Å². The minimum absolute atomic E-state index is 0.0565. The van der Waals surface area contributed by atoms with Gasteiger partial charge in [-0.3, -0.25) is 0 Å². The first kappa shape index (κ1) is 9.99. The zero-order valence-corrected chi connectivity index (χ0v) is 8.33. The summed E-state index contributed by atoms with van der Waals surface area (Å²) < 4.78 is 0. The molecular formula is C10H17N3. The minimum Gasteiger partial charge on any atom is -0.353 e. The molecular weight excluding hydrogens is 162 g/mol. The highest BCUT2D eigenvalue weighted by atomic mass is 15.3. The van der Waals surface area contributed by atoms with Crippen LogP contribution < -0.4 is 5.73 Å². The Bertz CT molecular complexity index is 243. The first-order valence-corrected chi connectivity index (χ1v) is 4.43. The lowest BCUT2D eigenvalue weighted by molar-refractivity contribution is 0.122. The van der Waals surface area contributed by atoms with Crippen LogP contribution in [0.5, 0.6) is 0 Å². The lowest BCUT2D eigenvalue weighted by Crippen LogP contribution is -2.64. The van der Waals surface area contributed by atoms with Crippen molar-refractivity contribution in [3.8, 4) is 0 Å². The quantitative estimate of drug-likeness (QED) is 0.660. The zero-order chi connectivity index (χ0) is 9.90. The zero-order valence-electron chi connectivity index (χ0n) is 8.33. The number of rotatable bonds is 3. The summed E-state index contributed by atoms with van der Waals surface area (Å²) in [6.45, 7) is 9.53. The second kappa shape index (κ2) is 3.75. The van der Waals surface area contributed by atoms with Gasteiger partial charge in [-0.25, -0.2) is 4.99 Å². The molecule has 1 rings (SSSR count). The Labute approximate surface area is 79.6 Å². The highest BCUT2D eigenvalue weighted by molar-refractivity contribution is 5.71. The standard InChI is InChI=1S/C10H17N3/c1-4-5-6-12-9(2)13-7-10(3,11)8-13/h4-6H,2,7-8,11H2,1,3H3/b5-4-,12-6-. The monoisotopic (exact) mass is 179 g/mol. The van der Waals surface area contributed by atoms with Crippen LogP contribution in [0.1, 0.15) is 13.8 Å². The van der Waals surface area contributed by atoms with E-state index in [0.717, 1.165) is 18.9 Å². The highest BCUT2D eigenvalue weighted by Crippen LogP contribution is 2.21. The fraction of sp³-hybridized carbons (Fsp3) is 0.500. The second-order valence-corrected chi connectivity index (χ2v) is 3.73. The van der Waals surface area contributed by atoms with Crippen LogP contribution in [-0.4, -0.2) is 29.7 Å². The smallest absolute Gasteiger partial charge is 0.121 e. The van der Waals surface area contributed by atoms with Gasteiger partial charge in [0.05, 0.1) is 0 Å². The van der Waals surface area contributed by atoms with Crippen LogP contribution in [0, 0.1) is 0 Å². The molecule has 0 spiro atoms. The number of nitrogens with zero attached hydrogens (tertiary/aromatic N) is 2. The molecule has 1 saturated heterocycles. The maximum absolute atomic E-state index is 5.86. The summed E-state index contributed by atoms with van der Waals surface area (Å²) >= 11 is 0. The summed E-state index contributed by atoms with van der Waals surface area (Å²) in [5.74, 6) is 0.793. The first-order valence-electron chi connectivity index (χ1n) is 4.43. The van der Waals surface area contributed by atoms with Crippen LogP contribution in [0.4, 0.5) is 0 Å². The highest BCUT2D eigenvalue weighted by Gasteiger charge is 2.35. The molecule has 1 heterocycles. The van der Waals surface area contributed by atoms with Crippen LogP contribution in [0.15, 0.2) is 29.5 Å². The molecule has 1 aliphatic heterocycles. The molecule has 1 fully saturated rings. The SMILES string of the molecule is C=C(/N=C\C=C/C)N1CC(C)(N)C1. The molecule has 0 radical (unpaired) electrons. The van der Waals surface area contributed by atoms with Crippen LogP contribution >= 0.6 is 0 Å². The minimum atomic E-state index is -0.0565. The fourth-order valence-electron chi connectivity index (χ4n) is 1.31.